The minimum Gasteiger partial charge on any atom is -0.496 e. The zero-order chi connectivity index (χ0) is 17.5. The number of aryl methyl sites for hydroxylation is 1. The molecule has 4 nitrogen and oxygen atoms in total. The highest BCUT2D eigenvalue weighted by atomic mass is 16.5. The molecule has 2 aromatic carbocycles. The Bertz CT molecular complexity index is 694. The zero-order valence-electron chi connectivity index (χ0n) is 14.4. The van der Waals surface area contributed by atoms with Crippen LogP contribution in [0.15, 0.2) is 42.5 Å². The van der Waals surface area contributed by atoms with Gasteiger partial charge in [0.15, 0.2) is 0 Å². The number of carbonyl (C=O) groups is 1. The Morgan fingerprint density at radius 1 is 1.17 bits per heavy atom. The molecule has 0 saturated heterocycles. The molecule has 0 heterocycles. The van der Waals surface area contributed by atoms with Gasteiger partial charge >= 0.3 is 5.97 Å². The van der Waals surface area contributed by atoms with Crippen LogP contribution in [0.4, 0.5) is 0 Å². The largest absolute Gasteiger partial charge is 0.496 e. The molecule has 24 heavy (non-hydrogen) atoms. The lowest BCUT2D eigenvalue weighted by Crippen LogP contribution is -2.15. The molecule has 0 radical (unpaired) electrons. The first-order chi connectivity index (χ1) is 11.6. The second-order valence-corrected chi connectivity index (χ2v) is 5.78. The van der Waals surface area contributed by atoms with Crippen molar-refractivity contribution in [1.29, 1.82) is 0 Å². The van der Waals surface area contributed by atoms with Crippen LogP contribution in [-0.2, 0) is 11.2 Å². The van der Waals surface area contributed by atoms with E-state index in [1.165, 1.54) is 0 Å². The molecule has 0 aliphatic heterocycles. The van der Waals surface area contributed by atoms with Crippen molar-refractivity contribution in [3.8, 4) is 11.5 Å². The normalized spacial score (nSPS) is 11.8. The second kappa shape index (κ2) is 8.39. The van der Waals surface area contributed by atoms with E-state index < -0.39 is 11.9 Å². The van der Waals surface area contributed by atoms with Gasteiger partial charge in [0.25, 0.3) is 0 Å². The molecule has 0 bridgehead atoms. The highest BCUT2D eigenvalue weighted by molar-refractivity contribution is 5.77. The number of hydrogen-bond donors (Lipinski definition) is 1. The molecule has 2 aromatic rings. The minimum absolute atomic E-state index is 0.390. The van der Waals surface area contributed by atoms with Gasteiger partial charge in [-0.1, -0.05) is 37.3 Å². The number of ether oxygens (including phenoxy) is 2. The molecule has 2 rings (SSSR count). The van der Waals surface area contributed by atoms with Crippen molar-refractivity contribution in [2.24, 2.45) is 0 Å². The van der Waals surface area contributed by atoms with Gasteiger partial charge in [0.1, 0.15) is 11.5 Å². The van der Waals surface area contributed by atoms with Crippen LogP contribution < -0.4 is 9.47 Å². The summed E-state index contributed by atoms with van der Waals surface area (Å²) < 4.78 is 11.0. The number of aliphatic carboxylic acids is 1. The molecule has 1 N–H and O–H groups in total. The van der Waals surface area contributed by atoms with Gasteiger partial charge < -0.3 is 14.6 Å². The summed E-state index contributed by atoms with van der Waals surface area (Å²) in [6, 6.07) is 13.2. The summed E-state index contributed by atoms with van der Waals surface area (Å²) in [6.45, 7) is 4.58. The monoisotopic (exact) mass is 328 g/mol. The van der Waals surface area contributed by atoms with Crippen LogP contribution in [0, 0.1) is 6.92 Å². The molecule has 0 spiro atoms. The summed E-state index contributed by atoms with van der Waals surface area (Å²) in [6.07, 6.45) is 1.30. The second-order valence-electron chi connectivity index (χ2n) is 5.78. The first-order valence-corrected chi connectivity index (χ1v) is 8.14. The first-order valence-electron chi connectivity index (χ1n) is 8.14. The SMILES string of the molecule is CCCOc1ccccc1CC(C(=O)O)c1ccc(OC)c(C)c1. The molecule has 0 amide bonds. The van der Waals surface area contributed by atoms with Crippen LogP contribution in [0.3, 0.4) is 0 Å². The Kier molecular flexibility index (Phi) is 6.24. The van der Waals surface area contributed by atoms with E-state index in [0.717, 1.165) is 34.6 Å². The van der Waals surface area contributed by atoms with Crippen molar-refractivity contribution in [3.63, 3.8) is 0 Å². The van der Waals surface area contributed by atoms with E-state index in [-0.39, 0.29) is 0 Å². The third kappa shape index (κ3) is 4.28. The Morgan fingerprint density at radius 3 is 2.54 bits per heavy atom. The van der Waals surface area contributed by atoms with Crippen LogP contribution in [0.25, 0.3) is 0 Å². The lowest BCUT2D eigenvalue weighted by molar-refractivity contribution is -0.138. The van der Waals surface area contributed by atoms with E-state index in [2.05, 4.69) is 0 Å². The Balaban J connectivity index is 2.30. The predicted octanol–water partition coefficient (Wildman–Crippen LogP) is 4.20. The van der Waals surface area contributed by atoms with Crippen molar-refractivity contribution < 1.29 is 19.4 Å². The third-order valence-corrected chi connectivity index (χ3v) is 3.98. The zero-order valence-corrected chi connectivity index (χ0v) is 14.4. The average Bonchev–Trinajstić information content (AvgIpc) is 2.58. The van der Waals surface area contributed by atoms with Crippen molar-refractivity contribution in [2.45, 2.75) is 32.6 Å². The van der Waals surface area contributed by atoms with Crippen LogP contribution in [0.5, 0.6) is 11.5 Å². The Morgan fingerprint density at radius 2 is 1.92 bits per heavy atom. The summed E-state index contributed by atoms with van der Waals surface area (Å²) >= 11 is 0. The maximum atomic E-state index is 11.8. The van der Waals surface area contributed by atoms with E-state index in [1.54, 1.807) is 7.11 Å². The minimum atomic E-state index is -0.843. The van der Waals surface area contributed by atoms with Gasteiger partial charge in [-0.3, -0.25) is 4.79 Å². The highest BCUT2D eigenvalue weighted by Crippen LogP contribution is 2.29. The highest BCUT2D eigenvalue weighted by Gasteiger charge is 2.22. The Labute approximate surface area is 143 Å². The van der Waals surface area contributed by atoms with Crippen LogP contribution in [0.2, 0.25) is 0 Å². The number of hydrogen-bond acceptors (Lipinski definition) is 3. The Hall–Kier alpha value is -2.49. The van der Waals surface area contributed by atoms with Gasteiger partial charge in [0, 0.05) is 0 Å². The summed E-state index contributed by atoms with van der Waals surface area (Å²) in [5.74, 6) is 0.0521. The molecule has 128 valence electrons. The fraction of sp³-hybridized carbons (Fsp3) is 0.350. The van der Waals surface area contributed by atoms with Gasteiger partial charge in [-0.25, -0.2) is 0 Å². The standard InChI is InChI=1S/C20H24O4/c1-4-11-24-19-8-6-5-7-16(19)13-17(20(21)22)15-9-10-18(23-3)14(2)12-15/h5-10,12,17H,4,11,13H2,1-3H3,(H,21,22). The molecule has 4 heteroatoms. The molecular weight excluding hydrogens is 304 g/mol. The number of methoxy groups -OCH3 is 1. The van der Waals surface area contributed by atoms with Gasteiger partial charge in [0.2, 0.25) is 0 Å². The number of carboxylic acids is 1. The van der Waals surface area contributed by atoms with E-state index in [0.29, 0.717) is 13.0 Å². The molecule has 0 aliphatic carbocycles. The number of rotatable bonds is 8. The van der Waals surface area contributed by atoms with Crippen LogP contribution in [0.1, 0.15) is 36.0 Å². The fourth-order valence-corrected chi connectivity index (χ4v) is 2.71. The van der Waals surface area contributed by atoms with E-state index >= 15 is 0 Å². The van der Waals surface area contributed by atoms with Crippen molar-refractivity contribution >= 4 is 5.97 Å². The lowest BCUT2D eigenvalue weighted by Gasteiger charge is -2.17. The van der Waals surface area contributed by atoms with Crippen LogP contribution >= 0.6 is 0 Å². The summed E-state index contributed by atoms with van der Waals surface area (Å²) in [5.41, 5.74) is 2.61. The molecule has 0 aromatic heterocycles. The van der Waals surface area contributed by atoms with Gasteiger partial charge in [-0.15, -0.1) is 0 Å². The molecule has 1 unspecified atom stereocenters. The van der Waals surface area contributed by atoms with E-state index in [9.17, 15) is 9.90 Å². The summed E-state index contributed by atoms with van der Waals surface area (Å²) in [5, 5.41) is 9.70. The smallest absolute Gasteiger partial charge is 0.311 e. The molecule has 0 fully saturated rings. The number of para-hydroxylation sites is 1. The number of benzene rings is 2. The molecule has 1 atom stereocenters. The van der Waals surface area contributed by atoms with E-state index in [1.807, 2.05) is 56.3 Å². The third-order valence-electron chi connectivity index (χ3n) is 3.98. The molecular formula is C20H24O4. The van der Waals surface area contributed by atoms with Gasteiger partial charge in [-0.05, 0) is 48.6 Å². The molecule has 0 saturated carbocycles. The van der Waals surface area contributed by atoms with Crippen LogP contribution in [-0.4, -0.2) is 24.8 Å². The van der Waals surface area contributed by atoms with E-state index in [4.69, 9.17) is 9.47 Å². The van der Waals surface area contributed by atoms with Gasteiger partial charge in [0.05, 0.1) is 19.6 Å². The average molecular weight is 328 g/mol. The summed E-state index contributed by atoms with van der Waals surface area (Å²) in [4.78, 5) is 11.8. The van der Waals surface area contributed by atoms with Gasteiger partial charge in [-0.2, -0.15) is 0 Å². The van der Waals surface area contributed by atoms with Crippen molar-refractivity contribution in [3.05, 3.63) is 59.2 Å². The quantitative estimate of drug-likeness (QED) is 0.789. The first kappa shape index (κ1) is 17.9. The molecule has 0 aliphatic rings. The maximum Gasteiger partial charge on any atom is 0.311 e. The lowest BCUT2D eigenvalue weighted by atomic mass is 9.90. The van der Waals surface area contributed by atoms with Crippen molar-refractivity contribution in [1.82, 2.24) is 0 Å². The predicted molar refractivity (Wildman–Crippen MR) is 94.0 cm³/mol. The fourth-order valence-electron chi connectivity index (χ4n) is 2.71. The van der Waals surface area contributed by atoms with Crippen molar-refractivity contribution in [2.75, 3.05) is 13.7 Å². The summed E-state index contributed by atoms with van der Waals surface area (Å²) in [7, 11) is 1.61. The number of carboxylic acid groups (broad SMARTS) is 1. The maximum absolute atomic E-state index is 11.8. The topological polar surface area (TPSA) is 55.8 Å².